The molecule has 2 unspecified atom stereocenters. The summed E-state index contributed by atoms with van der Waals surface area (Å²) in [7, 11) is 0. The average Bonchev–Trinajstić information content (AvgIpc) is 2.79. The molecule has 0 heterocycles. The first kappa shape index (κ1) is 30.1. The number of hydrogen-bond donors (Lipinski definition) is 8. The Kier molecular flexibility index (Phi) is 20.3. The molecular weight excluding hydrogens is 432 g/mol. The molecule has 0 aromatic heterocycles. The Labute approximate surface area is 186 Å². The van der Waals surface area contributed by atoms with Crippen molar-refractivity contribution in [1.82, 2.24) is 0 Å². The van der Waals surface area contributed by atoms with Crippen LogP contribution in [0.4, 0.5) is 0 Å². The van der Waals surface area contributed by atoms with Crippen molar-refractivity contribution < 1.29 is 40.2 Å². The number of rotatable bonds is 6. The predicted octanol–water partition coefficient (Wildman–Crippen LogP) is 1.43. The summed E-state index contributed by atoms with van der Waals surface area (Å²) < 4.78 is 0. The summed E-state index contributed by atoms with van der Waals surface area (Å²) in [5.41, 5.74) is 1.42. The molecule has 0 saturated carbocycles. The third-order valence-corrected chi connectivity index (χ3v) is 3.94. The zero-order chi connectivity index (χ0) is 23.4. The minimum absolute atomic E-state index is 0.125. The monoisotopic (exact) mass is 460 g/mol. The number of carboxylic acid groups (broad SMARTS) is 2. The molecule has 2 aromatic rings. The number of carboxylic acids is 2. The molecule has 0 spiro atoms. The number of carbonyl (C=O) groups is 2. The second-order valence-electron chi connectivity index (χ2n) is 5.20. The van der Waals surface area contributed by atoms with Gasteiger partial charge in [0.25, 0.3) is 0 Å². The van der Waals surface area contributed by atoms with Crippen LogP contribution in [0.2, 0.25) is 0 Å². The summed E-state index contributed by atoms with van der Waals surface area (Å²) in [6, 6.07) is 17.8. The summed E-state index contributed by atoms with van der Waals surface area (Å²) in [5, 5.41) is 46.2. The van der Waals surface area contributed by atoms with Crippen molar-refractivity contribution in [2.24, 2.45) is 0 Å². The van der Waals surface area contributed by atoms with E-state index in [0.29, 0.717) is 11.1 Å². The first-order valence-corrected chi connectivity index (χ1v) is 9.65. The third kappa shape index (κ3) is 15.8. The molecule has 168 valence electrons. The number of benzene rings is 2. The first-order valence-electron chi connectivity index (χ1n) is 8.61. The van der Waals surface area contributed by atoms with Crippen LogP contribution in [0.5, 0.6) is 0 Å². The minimum Gasteiger partial charge on any atom is -0.480 e. The van der Waals surface area contributed by atoms with Gasteiger partial charge in [0.1, 0.15) is 10.5 Å². The zero-order valence-corrected chi connectivity index (χ0v) is 17.9. The van der Waals surface area contributed by atoms with E-state index in [4.69, 9.17) is 30.6 Å². The molecular formula is C20H28O8S2. The molecule has 0 aliphatic carbocycles. The van der Waals surface area contributed by atoms with Crippen LogP contribution in [-0.2, 0) is 9.59 Å². The lowest BCUT2D eigenvalue weighted by atomic mass is 10.1. The number of hydrogen-bond acceptors (Lipinski definition) is 8. The van der Waals surface area contributed by atoms with E-state index in [-0.39, 0.29) is 26.4 Å². The largest absolute Gasteiger partial charge is 0.480 e. The molecule has 0 aliphatic rings. The second kappa shape index (κ2) is 20.2. The lowest BCUT2D eigenvalue weighted by Gasteiger charge is -2.03. The number of aliphatic carboxylic acids is 2. The van der Waals surface area contributed by atoms with Crippen molar-refractivity contribution in [3.63, 3.8) is 0 Å². The van der Waals surface area contributed by atoms with Gasteiger partial charge in [-0.3, -0.25) is 9.59 Å². The Balaban J connectivity index is 0. The highest BCUT2D eigenvalue weighted by Crippen LogP contribution is 2.19. The molecule has 0 aliphatic heterocycles. The Morgan fingerprint density at radius 2 is 0.833 bits per heavy atom. The van der Waals surface area contributed by atoms with Crippen molar-refractivity contribution in [3.05, 3.63) is 71.8 Å². The molecule has 0 bridgehead atoms. The molecule has 6 N–H and O–H groups in total. The molecule has 2 rings (SSSR count). The standard InChI is InChI=1S/2C8H8O2S.2C2H6O2/c2*9-8(10)7(11)6-4-2-1-3-5-6;2*3-1-2-4/h2*1-5,7,11H,(H,9,10);2*3-4H,1-2H2. The maximum atomic E-state index is 10.4. The van der Waals surface area contributed by atoms with Crippen molar-refractivity contribution in [1.29, 1.82) is 0 Å². The normalized spacial score (nSPS) is 11.1. The van der Waals surface area contributed by atoms with Crippen molar-refractivity contribution >= 4 is 37.2 Å². The Hall–Kier alpha value is -2.08. The van der Waals surface area contributed by atoms with Crippen molar-refractivity contribution in [2.45, 2.75) is 10.5 Å². The summed E-state index contributed by atoms with van der Waals surface area (Å²) in [5.74, 6) is -1.83. The molecule has 2 atom stereocenters. The van der Waals surface area contributed by atoms with Gasteiger partial charge in [-0.15, -0.1) is 0 Å². The zero-order valence-electron chi connectivity index (χ0n) is 16.2. The van der Waals surface area contributed by atoms with Crippen LogP contribution in [0.3, 0.4) is 0 Å². The number of aliphatic hydroxyl groups is 4. The maximum absolute atomic E-state index is 10.4. The number of thiol groups is 2. The van der Waals surface area contributed by atoms with E-state index in [2.05, 4.69) is 25.3 Å². The van der Waals surface area contributed by atoms with Gasteiger partial charge in [-0.2, -0.15) is 25.3 Å². The van der Waals surface area contributed by atoms with Crippen LogP contribution in [0.15, 0.2) is 60.7 Å². The fourth-order valence-corrected chi connectivity index (χ4v) is 1.90. The Morgan fingerprint density at radius 1 is 0.600 bits per heavy atom. The van der Waals surface area contributed by atoms with Crippen LogP contribution >= 0.6 is 25.3 Å². The quantitative estimate of drug-likeness (QED) is 0.301. The average molecular weight is 461 g/mol. The van der Waals surface area contributed by atoms with E-state index >= 15 is 0 Å². The summed E-state index contributed by atoms with van der Waals surface area (Å²) in [4.78, 5) is 20.8. The highest BCUT2D eigenvalue weighted by Gasteiger charge is 2.13. The van der Waals surface area contributed by atoms with E-state index in [1.54, 1.807) is 48.5 Å². The summed E-state index contributed by atoms with van der Waals surface area (Å²) in [6.45, 7) is -0.500. The fourth-order valence-electron chi connectivity index (χ4n) is 1.56. The predicted molar refractivity (Wildman–Crippen MR) is 120 cm³/mol. The fraction of sp³-hybridized carbons (Fsp3) is 0.300. The van der Waals surface area contributed by atoms with Gasteiger partial charge in [0.05, 0.1) is 26.4 Å². The first-order chi connectivity index (χ1) is 14.3. The molecule has 30 heavy (non-hydrogen) atoms. The van der Waals surface area contributed by atoms with Crippen LogP contribution in [0.1, 0.15) is 21.6 Å². The maximum Gasteiger partial charge on any atom is 0.320 e. The van der Waals surface area contributed by atoms with Crippen molar-refractivity contribution in [2.75, 3.05) is 26.4 Å². The van der Waals surface area contributed by atoms with Gasteiger partial charge < -0.3 is 30.6 Å². The van der Waals surface area contributed by atoms with Gasteiger partial charge in [-0.25, -0.2) is 0 Å². The SMILES string of the molecule is O=C(O)C(S)c1ccccc1.O=C(O)C(S)c1ccccc1.OCCO.OCCO. The molecule has 0 radical (unpaired) electrons. The molecule has 0 amide bonds. The highest BCUT2D eigenvalue weighted by atomic mass is 32.1. The minimum atomic E-state index is -0.917. The van der Waals surface area contributed by atoms with Gasteiger partial charge in [0, 0.05) is 0 Å². The molecule has 2 aromatic carbocycles. The second-order valence-corrected chi connectivity index (χ2v) is 6.23. The summed E-state index contributed by atoms with van der Waals surface area (Å²) in [6.07, 6.45) is 0. The van der Waals surface area contributed by atoms with Crippen LogP contribution in [0.25, 0.3) is 0 Å². The molecule has 0 saturated heterocycles. The van der Waals surface area contributed by atoms with Gasteiger partial charge in [-0.05, 0) is 11.1 Å². The highest BCUT2D eigenvalue weighted by molar-refractivity contribution is 7.81. The Bertz CT molecular complexity index is 608. The Morgan fingerprint density at radius 3 is 1.00 bits per heavy atom. The van der Waals surface area contributed by atoms with E-state index < -0.39 is 22.4 Å². The van der Waals surface area contributed by atoms with Crippen LogP contribution < -0.4 is 0 Å². The topological polar surface area (TPSA) is 156 Å². The van der Waals surface area contributed by atoms with E-state index in [9.17, 15) is 9.59 Å². The van der Waals surface area contributed by atoms with Gasteiger partial charge in [0.2, 0.25) is 0 Å². The summed E-state index contributed by atoms with van der Waals surface area (Å²) >= 11 is 7.83. The van der Waals surface area contributed by atoms with E-state index in [1.165, 1.54) is 0 Å². The van der Waals surface area contributed by atoms with Gasteiger partial charge >= 0.3 is 11.9 Å². The smallest absolute Gasteiger partial charge is 0.320 e. The lowest BCUT2D eigenvalue weighted by molar-refractivity contribution is -0.137. The van der Waals surface area contributed by atoms with E-state index in [1.807, 2.05) is 12.1 Å². The molecule has 8 nitrogen and oxygen atoms in total. The van der Waals surface area contributed by atoms with Gasteiger partial charge in [0.15, 0.2) is 0 Å². The lowest BCUT2D eigenvalue weighted by Crippen LogP contribution is -2.04. The van der Waals surface area contributed by atoms with Crippen molar-refractivity contribution in [3.8, 4) is 0 Å². The van der Waals surface area contributed by atoms with Crippen LogP contribution in [0, 0.1) is 0 Å². The van der Waals surface area contributed by atoms with E-state index in [0.717, 1.165) is 0 Å². The molecule has 0 fully saturated rings. The third-order valence-electron chi connectivity index (χ3n) is 2.90. The number of aliphatic hydroxyl groups excluding tert-OH is 4. The van der Waals surface area contributed by atoms with Gasteiger partial charge in [-0.1, -0.05) is 60.7 Å². The van der Waals surface area contributed by atoms with Crippen LogP contribution in [-0.4, -0.2) is 69.0 Å². The molecule has 10 heteroatoms.